The maximum atomic E-state index is 14.5. The quantitative estimate of drug-likeness (QED) is 0.183. The number of aromatic nitrogens is 2. The van der Waals surface area contributed by atoms with Crippen LogP contribution in [0.3, 0.4) is 0 Å². The van der Waals surface area contributed by atoms with E-state index in [1.54, 1.807) is 0 Å². The van der Waals surface area contributed by atoms with Gasteiger partial charge in [0.2, 0.25) is 6.23 Å². The molecule has 3 rings (SSSR count). The molecular weight excluding hydrogens is 544 g/mol. The van der Waals surface area contributed by atoms with E-state index in [1.807, 2.05) is 0 Å². The summed E-state index contributed by atoms with van der Waals surface area (Å²) in [6.45, 7) is 1.29. The number of aliphatic hydroxyl groups is 2. The van der Waals surface area contributed by atoms with Crippen LogP contribution in [0.4, 0.5) is 14.6 Å². The highest BCUT2D eigenvalue weighted by Crippen LogP contribution is 2.42. The molecular formula is C27H39F2N5O7. The monoisotopic (exact) mass is 583 g/mol. The molecule has 0 bridgehead atoms. The summed E-state index contributed by atoms with van der Waals surface area (Å²) in [4.78, 5) is 45.6. The molecule has 3 heterocycles. The maximum Gasteiger partial charge on any atom is 0.353 e. The Morgan fingerprint density at radius 1 is 1.12 bits per heavy atom. The van der Waals surface area contributed by atoms with Gasteiger partial charge in [-0.1, -0.05) is 71.1 Å². The Morgan fingerprint density at radius 2 is 1.76 bits per heavy atom. The number of carboxylic acid groups (broad SMARTS) is 1. The molecule has 2 aliphatic heterocycles. The number of ether oxygens (including phenoxy) is 1. The highest BCUT2D eigenvalue weighted by atomic mass is 19.3. The molecule has 0 spiro atoms. The van der Waals surface area contributed by atoms with E-state index in [0.717, 1.165) is 37.9 Å². The molecule has 1 aromatic rings. The van der Waals surface area contributed by atoms with Crippen molar-refractivity contribution in [3.05, 3.63) is 35.1 Å². The van der Waals surface area contributed by atoms with Crippen LogP contribution < -0.4 is 16.3 Å². The van der Waals surface area contributed by atoms with E-state index in [1.165, 1.54) is 44.5 Å². The van der Waals surface area contributed by atoms with Crippen LogP contribution in [0, 0.1) is 0 Å². The molecule has 228 valence electrons. The summed E-state index contributed by atoms with van der Waals surface area (Å²) in [7, 11) is 0. The molecule has 14 heteroatoms. The van der Waals surface area contributed by atoms with E-state index >= 15 is 0 Å². The number of carbonyl (C=O) groups is 2. The lowest BCUT2D eigenvalue weighted by molar-refractivity contribution is -0.141. The maximum absolute atomic E-state index is 14.5. The fourth-order valence-corrected chi connectivity index (χ4v) is 5.06. The summed E-state index contributed by atoms with van der Waals surface area (Å²) < 4.78 is 34.4. The number of aliphatic imine (C=N–C) groups is 1. The first-order chi connectivity index (χ1) is 19.6. The van der Waals surface area contributed by atoms with Gasteiger partial charge in [-0.3, -0.25) is 9.36 Å². The van der Waals surface area contributed by atoms with Crippen molar-refractivity contribution in [2.75, 3.05) is 11.9 Å². The minimum Gasteiger partial charge on any atom is -0.477 e. The Hall–Kier alpha value is -3.23. The van der Waals surface area contributed by atoms with Gasteiger partial charge in [0, 0.05) is 18.6 Å². The van der Waals surface area contributed by atoms with Gasteiger partial charge in [-0.2, -0.15) is 13.8 Å². The first-order valence-electron chi connectivity index (χ1n) is 14.1. The largest absolute Gasteiger partial charge is 0.477 e. The van der Waals surface area contributed by atoms with Gasteiger partial charge in [0.05, 0.1) is 6.61 Å². The third kappa shape index (κ3) is 7.54. The second-order valence-corrected chi connectivity index (χ2v) is 10.4. The van der Waals surface area contributed by atoms with E-state index in [-0.39, 0.29) is 12.2 Å². The summed E-state index contributed by atoms with van der Waals surface area (Å²) in [6, 6.07) is 1.07. The predicted octanol–water partition coefficient (Wildman–Crippen LogP) is 2.72. The van der Waals surface area contributed by atoms with Crippen LogP contribution in [-0.2, 0) is 14.3 Å². The molecule has 1 amide bonds. The Labute approximate surface area is 236 Å². The number of aliphatic carboxylic acids is 1. The normalized spacial score (nSPS) is 25.0. The lowest BCUT2D eigenvalue weighted by Gasteiger charge is -2.34. The van der Waals surface area contributed by atoms with Crippen molar-refractivity contribution in [2.45, 2.75) is 107 Å². The number of unbranched alkanes of at least 4 members (excludes halogenated alkanes) is 9. The predicted molar refractivity (Wildman–Crippen MR) is 146 cm³/mol. The number of amides is 1. The zero-order chi connectivity index (χ0) is 30.0. The standard InChI is InChI=1S/C27H39F2N5O7/c1-2-3-4-5-6-7-8-9-10-11-13-26(20(22(37)38)30-14-15-31-26)23(39)32-19-12-16-34(25(40)33-19)24-27(28,29)21(36)18(17-35)41-24/h12,14-16,18,21,24,31,35-36H,2-11,13,17H2,1H3,(H,37,38)(H,32,33,39,40)/t18-,21-,24-,26?/m1/s1. The minimum absolute atomic E-state index is 0.102. The summed E-state index contributed by atoms with van der Waals surface area (Å²) in [6.07, 6.45) is 7.87. The highest BCUT2D eigenvalue weighted by Gasteiger charge is 2.59. The number of hydrogen-bond acceptors (Lipinski definition) is 9. The molecule has 0 aromatic carbocycles. The van der Waals surface area contributed by atoms with E-state index in [9.17, 15) is 38.5 Å². The number of aliphatic hydroxyl groups excluding tert-OH is 2. The molecule has 1 fully saturated rings. The Kier molecular flexibility index (Phi) is 11.5. The lowest BCUT2D eigenvalue weighted by atomic mass is 9.84. The van der Waals surface area contributed by atoms with Crippen molar-refractivity contribution in [3.63, 3.8) is 0 Å². The third-order valence-electron chi connectivity index (χ3n) is 7.39. The topological polar surface area (TPSA) is 175 Å². The Bertz CT molecular complexity index is 1170. The number of nitrogens with one attached hydrogen (secondary N) is 2. The Morgan fingerprint density at radius 3 is 2.32 bits per heavy atom. The van der Waals surface area contributed by atoms with Gasteiger partial charge in [-0.15, -0.1) is 0 Å². The first-order valence-corrected chi connectivity index (χ1v) is 14.1. The summed E-state index contributed by atoms with van der Waals surface area (Å²) in [5, 5.41) is 33.9. The number of carbonyl (C=O) groups excluding carboxylic acids is 1. The van der Waals surface area contributed by atoms with Crippen molar-refractivity contribution in [3.8, 4) is 0 Å². The van der Waals surface area contributed by atoms with Gasteiger partial charge in [0.25, 0.3) is 5.91 Å². The number of nitrogens with zero attached hydrogens (tertiary/aromatic N) is 3. The minimum atomic E-state index is -3.89. The zero-order valence-corrected chi connectivity index (χ0v) is 23.1. The average Bonchev–Trinajstić information content (AvgIpc) is 3.17. The van der Waals surface area contributed by atoms with Crippen molar-refractivity contribution < 1.29 is 38.4 Å². The van der Waals surface area contributed by atoms with Gasteiger partial charge in [-0.05, 0) is 12.5 Å². The molecule has 1 unspecified atom stereocenters. The van der Waals surface area contributed by atoms with Crippen LogP contribution in [-0.4, -0.2) is 72.7 Å². The van der Waals surface area contributed by atoms with Crippen LogP contribution >= 0.6 is 0 Å². The number of halogens is 2. The van der Waals surface area contributed by atoms with E-state index in [0.29, 0.717) is 11.0 Å². The number of carboxylic acids is 1. The summed E-state index contributed by atoms with van der Waals surface area (Å²) in [5.41, 5.74) is -3.40. The lowest BCUT2D eigenvalue weighted by Crippen LogP contribution is -2.61. The molecule has 12 nitrogen and oxygen atoms in total. The van der Waals surface area contributed by atoms with E-state index in [2.05, 4.69) is 27.5 Å². The van der Waals surface area contributed by atoms with Crippen LogP contribution in [0.2, 0.25) is 0 Å². The van der Waals surface area contributed by atoms with Crippen LogP contribution in [0.25, 0.3) is 0 Å². The van der Waals surface area contributed by atoms with Crippen molar-refractivity contribution in [1.82, 2.24) is 14.9 Å². The zero-order valence-electron chi connectivity index (χ0n) is 23.1. The molecule has 4 atom stereocenters. The van der Waals surface area contributed by atoms with E-state index < -0.39 is 59.8 Å². The van der Waals surface area contributed by atoms with Gasteiger partial charge < -0.3 is 30.7 Å². The van der Waals surface area contributed by atoms with Gasteiger partial charge in [0.1, 0.15) is 11.9 Å². The summed E-state index contributed by atoms with van der Waals surface area (Å²) >= 11 is 0. The van der Waals surface area contributed by atoms with Crippen LogP contribution in [0.5, 0.6) is 0 Å². The van der Waals surface area contributed by atoms with Crippen LogP contribution in [0.15, 0.2) is 34.5 Å². The number of anilines is 1. The first kappa shape index (κ1) is 32.3. The smallest absolute Gasteiger partial charge is 0.353 e. The van der Waals surface area contributed by atoms with Crippen molar-refractivity contribution in [2.24, 2.45) is 4.99 Å². The van der Waals surface area contributed by atoms with Gasteiger partial charge in [0.15, 0.2) is 17.4 Å². The van der Waals surface area contributed by atoms with Crippen LogP contribution in [0.1, 0.15) is 83.8 Å². The number of hydrogen-bond donors (Lipinski definition) is 5. The fourth-order valence-electron chi connectivity index (χ4n) is 5.06. The number of alkyl halides is 2. The van der Waals surface area contributed by atoms with Crippen molar-refractivity contribution in [1.29, 1.82) is 0 Å². The third-order valence-corrected chi connectivity index (χ3v) is 7.39. The SMILES string of the molecule is CCCCCCCCCCCCC1(C(=O)Nc2ccn([C@@H]3O[C@H](CO)[C@@H](O)C3(F)F)c(=O)n2)NC=CN=C1C(=O)O. The molecule has 41 heavy (non-hydrogen) atoms. The van der Waals surface area contributed by atoms with E-state index in [4.69, 9.17) is 4.74 Å². The molecule has 1 aromatic heterocycles. The van der Waals surface area contributed by atoms with Gasteiger partial charge in [-0.25, -0.2) is 14.6 Å². The Balaban J connectivity index is 1.68. The second-order valence-electron chi connectivity index (χ2n) is 10.4. The molecule has 2 aliphatic rings. The fraction of sp³-hybridized carbons (Fsp3) is 0.667. The number of rotatable bonds is 16. The molecule has 5 N–H and O–H groups in total. The molecule has 0 radical (unpaired) electrons. The molecule has 0 saturated carbocycles. The molecule has 1 saturated heterocycles. The average molecular weight is 584 g/mol. The highest BCUT2D eigenvalue weighted by molar-refractivity contribution is 6.45. The van der Waals surface area contributed by atoms with Crippen molar-refractivity contribution >= 4 is 23.4 Å². The van der Waals surface area contributed by atoms with Gasteiger partial charge >= 0.3 is 17.6 Å². The summed E-state index contributed by atoms with van der Waals surface area (Å²) in [5.74, 6) is -6.43. The molecule has 0 aliphatic carbocycles. The second kappa shape index (κ2) is 14.6.